The fourth-order valence-electron chi connectivity index (χ4n) is 4.69. The molecule has 0 spiro atoms. The van der Waals surface area contributed by atoms with Gasteiger partial charge in [-0.2, -0.15) is 9.90 Å². The molecule has 0 saturated carbocycles. The van der Waals surface area contributed by atoms with Gasteiger partial charge in [-0.1, -0.05) is 36.4 Å². The predicted molar refractivity (Wildman–Crippen MR) is 111 cm³/mol. The van der Waals surface area contributed by atoms with Gasteiger partial charge in [0.1, 0.15) is 0 Å². The van der Waals surface area contributed by atoms with E-state index in [4.69, 9.17) is 0 Å². The molecular formula is C22H22N4O3S. The molecule has 2 fully saturated rings. The first-order chi connectivity index (χ1) is 14.5. The monoisotopic (exact) mass is 422 g/mol. The highest BCUT2D eigenvalue weighted by Gasteiger charge is 2.47. The summed E-state index contributed by atoms with van der Waals surface area (Å²) < 4.78 is 26.2. The molecule has 2 bridgehead atoms. The van der Waals surface area contributed by atoms with E-state index in [0.29, 0.717) is 23.4 Å². The number of sulfone groups is 1. The number of carbonyl (C=O) groups excluding carboxylic acids is 1. The van der Waals surface area contributed by atoms with Gasteiger partial charge in [0, 0.05) is 12.1 Å². The van der Waals surface area contributed by atoms with E-state index < -0.39 is 15.1 Å². The average molecular weight is 423 g/mol. The minimum atomic E-state index is -3.40. The van der Waals surface area contributed by atoms with E-state index in [2.05, 4.69) is 10.2 Å². The molecule has 2 atom stereocenters. The standard InChI is InChI=1S/C22H22N4O3S/c27-22(21-15-23-26(24-21)16-7-3-1-4-8-16)25-17-11-12-18(25)14-20(13-17)30(28,29)19-9-5-2-6-10-19/h1-10,15,17-18,20H,11-14H2. The summed E-state index contributed by atoms with van der Waals surface area (Å²) >= 11 is 0. The van der Waals surface area contributed by atoms with Crippen LogP contribution in [0, 0.1) is 0 Å². The molecule has 2 saturated heterocycles. The topological polar surface area (TPSA) is 85.2 Å². The highest BCUT2D eigenvalue weighted by atomic mass is 32.2. The van der Waals surface area contributed by atoms with Crippen LogP contribution in [0.3, 0.4) is 0 Å². The number of hydrogen-bond donors (Lipinski definition) is 0. The van der Waals surface area contributed by atoms with E-state index in [1.165, 1.54) is 11.0 Å². The van der Waals surface area contributed by atoms with Crippen molar-refractivity contribution in [2.75, 3.05) is 0 Å². The molecule has 2 unspecified atom stereocenters. The van der Waals surface area contributed by atoms with Crippen LogP contribution < -0.4 is 0 Å². The molecule has 3 aromatic rings. The lowest BCUT2D eigenvalue weighted by Crippen LogP contribution is -2.49. The van der Waals surface area contributed by atoms with Crippen LogP contribution in [0.15, 0.2) is 71.8 Å². The maximum atomic E-state index is 13.2. The van der Waals surface area contributed by atoms with Crippen molar-refractivity contribution in [3.05, 3.63) is 72.6 Å². The molecule has 0 aliphatic carbocycles. The summed E-state index contributed by atoms with van der Waals surface area (Å²) in [6, 6.07) is 17.9. The number of fused-ring (bicyclic) bond motifs is 2. The van der Waals surface area contributed by atoms with Gasteiger partial charge < -0.3 is 4.90 Å². The third-order valence-corrected chi connectivity index (χ3v) is 8.32. The zero-order valence-corrected chi connectivity index (χ0v) is 17.1. The van der Waals surface area contributed by atoms with Crippen LogP contribution in [0.2, 0.25) is 0 Å². The number of benzene rings is 2. The van der Waals surface area contributed by atoms with Gasteiger partial charge in [-0.05, 0) is 49.9 Å². The molecular weight excluding hydrogens is 400 g/mol. The summed E-state index contributed by atoms with van der Waals surface area (Å²) in [6.45, 7) is 0. The van der Waals surface area contributed by atoms with Gasteiger partial charge in [0.15, 0.2) is 15.5 Å². The predicted octanol–water partition coefficient (Wildman–Crippen LogP) is 2.88. The Morgan fingerprint density at radius 1 is 0.900 bits per heavy atom. The minimum absolute atomic E-state index is 0.0818. The largest absolute Gasteiger partial charge is 0.331 e. The summed E-state index contributed by atoms with van der Waals surface area (Å²) in [5.74, 6) is -0.166. The van der Waals surface area contributed by atoms with Gasteiger partial charge in [0.2, 0.25) is 0 Å². The molecule has 0 N–H and O–H groups in total. The summed E-state index contributed by atoms with van der Waals surface area (Å²) in [6.07, 6.45) is 4.06. The molecule has 2 aliphatic rings. The number of nitrogens with zero attached hydrogens (tertiary/aromatic N) is 4. The van der Waals surface area contributed by atoms with Crippen molar-refractivity contribution < 1.29 is 13.2 Å². The molecule has 7 nitrogen and oxygen atoms in total. The van der Waals surface area contributed by atoms with Gasteiger partial charge in [-0.3, -0.25) is 4.79 Å². The zero-order valence-electron chi connectivity index (χ0n) is 16.3. The maximum Gasteiger partial charge on any atom is 0.276 e. The molecule has 5 rings (SSSR count). The summed E-state index contributed by atoms with van der Waals surface area (Å²) in [7, 11) is -3.40. The van der Waals surface area contributed by atoms with Crippen LogP contribution >= 0.6 is 0 Å². The lowest BCUT2D eigenvalue weighted by atomic mass is 10.0. The molecule has 0 radical (unpaired) electrons. The van der Waals surface area contributed by atoms with Crippen molar-refractivity contribution in [3.63, 3.8) is 0 Å². The Hall–Kier alpha value is -3.00. The Kier molecular flexibility index (Phi) is 4.66. The first kappa shape index (κ1) is 19.0. The molecule has 2 aromatic carbocycles. The second kappa shape index (κ2) is 7.36. The fourth-order valence-corrected chi connectivity index (χ4v) is 6.57. The van der Waals surface area contributed by atoms with Crippen molar-refractivity contribution >= 4 is 15.7 Å². The van der Waals surface area contributed by atoms with E-state index in [-0.39, 0.29) is 18.0 Å². The van der Waals surface area contributed by atoms with Crippen molar-refractivity contribution in [2.45, 2.75) is 47.9 Å². The smallest absolute Gasteiger partial charge is 0.276 e. The molecule has 3 heterocycles. The Balaban J connectivity index is 1.36. The van der Waals surface area contributed by atoms with Gasteiger partial charge in [0.25, 0.3) is 5.91 Å². The average Bonchev–Trinajstić information content (AvgIpc) is 3.37. The third-order valence-electron chi connectivity index (χ3n) is 6.13. The number of piperidine rings is 1. The molecule has 154 valence electrons. The molecule has 8 heteroatoms. The maximum absolute atomic E-state index is 13.2. The van der Waals surface area contributed by atoms with E-state index >= 15 is 0 Å². The summed E-state index contributed by atoms with van der Waals surface area (Å²) in [5.41, 5.74) is 1.08. The van der Waals surface area contributed by atoms with Gasteiger partial charge >= 0.3 is 0 Å². The van der Waals surface area contributed by atoms with E-state index in [1.54, 1.807) is 24.3 Å². The first-order valence-electron chi connectivity index (χ1n) is 10.1. The Bertz CT molecular complexity index is 1150. The number of amides is 1. The SMILES string of the molecule is O=C(c1cnn(-c2ccccc2)n1)N1C2CCC1CC(S(=O)(=O)c1ccccc1)C2. The fraction of sp³-hybridized carbons (Fsp3) is 0.318. The van der Waals surface area contributed by atoms with Crippen LogP contribution in [-0.4, -0.2) is 51.6 Å². The molecule has 1 aromatic heterocycles. The van der Waals surface area contributed by atoms with E-state index in [9.17, 15) is 13.2 Å². The van der Waals surface area contributed by atoms with Crippen LogP contribution in [-0.2, 0) is 9.84 Å². The second-order valence-electron chi connectivity index (χ2n) is 7.90. The number of carbonyl (C=O) groups is 1. The van der Waals surface area contributed by atoms with E-state index in [0.717, 1.165) is 18.5 Å². The highest BCUT2D eigenvalue weighted by Crippen LogP contribution is 2.40. The van der Waals surface area contributed by atoms with Crippen LogP contribution in [0.1, 0.15) is 36.2 Å². The van der Waals surface area contributed by atoms with Crippen molar-refractivity contribution in [2.24, 2.45) is 0 Å². The normalized spacial score (nSPS) is 23.5. The van der Waals surface area contributed by atoms with E-state index in [1.807, 2.05) is 41.3 Å². The van der Waals surface area contributed by atoms with Gasteiger partial charge in [-0.25, -0.2) is 8.42 Å². The van der Waals surface area contributed by atoms with Crippen molar-refractivity contribution in [3.8, 4) is 5.69 Å². The van der Waals surface area contributed by atoms with Crippen LogP contribution in [0.4, 0.5) is 0 Å². The van der Waals surface area contributed by atoms with Gasteiger partial charge in [0.05, 0.1) is 22.0 Å². The van der Waals surface area contributed by atoms with Crippen LogP contribution in [0.5, 0.6) is 0 Å². The summed E-state index contributed by atoms with van der Waals surface area (Å²) in [5, 5.41) is 8.14. The molecule has 2 aliphatic heterocycles. The minimum Gasteiger partial charge on any atom is -0.331 e. The number of para-hydroxylation sites is 1. The number of aromatic nitrogens is 3. The third kappa shape index (κ3) is 3.21. The summed E-state index contributed by atoms with van der Waals surface area (Å²) in [4.78, 5) is 16.8. The molecule has 30 heavy (non-hydrogen) atoms. The zero-order chi connectivity index (χ0) is 20.7. The van der Waals surface area contributed by atoms with Crippen molar-refractivity contribution in [1.82, 2.24) is 19.9 Å². The first-order valence-corrected chi connectivity index (χ1v) is 11.7. The van der Waals surface area contributed by atoms with Gasteiger partial charge in [-0.15, -0.1) is 5.10 Å². The lowest BCUT2D eigenvalue weighted by Gasteiger charge is -2.38. The van der Waals surface area contributed by atoms with Crippen LogP contribution in [0.25, 0.3) is 5.69 Å². The van der Waals surface area contributed by atoms with Crippen molar-refractivity contribution in [1.29, 1.82) is 0 Å². The lowest BCUT2D eigenvalue weighted by molar-refractivity contribution is 0.0591. The Labute approximate surface area is 175 Å². The highest BCUT2D eigenvalue weighted by molar-refractivity contribution is 7.92. The Morgan fingerprint density at radius 2 is 1.50 bits per heavy atom. The second-order valence-corrected chi connectivity index (χ2v) is 10.1. The number of hydrogen-bond acceptors (Lipinski definition) is 5. The number of rotatable bonds is 4. The quantitative estimate of drug-likeness (QED) is 0.645. The molecule has 1 amide bonds. The Morgan fingerprint density at radius 3 is 2.13 bits per heavy atom.